The smallest absolute Gasteiger partial charge is 0.455 e. The number of ketones is 1. The number of alkyl halides is 3. The van der Waals surface area contributed by atoms with E-state index in [1.807, 2.05) is 0 Å². The normalized spacial score (nSPS) is 11.3. The van der Waals surface area contributed by atoms with Gasteiger partial charge in [0, 0.05) is 0 Å². The van der Waals surface area contributed by atoms with Crippen LogP contribution in [0.25, 0.3) is 0 Å². The number of hydrogen-bond acceptors (Lipinski definition) is 2. The van der Waals surface area contributed by atoms with Crippen LogP contribution in [-0.2, 0) is 0 Å². The summed E-state index contributed by atoms with van der Waals surface area (Å²) in [6.45, 7) is 1.63. The Labute approximate surface area is 88.8 Å². The molecule has 0 amide bonds. The summed E-state index contributed by atoms with van der Waals surface area (Å²) in [4.78, 5) is 10.9. The average Bonchev–Trinajstić information content (AvgIpc) is 2.18. The topological polar surface area (TPSA) is 26.3 Å². The summed E-state index contributed by atoms with van der Waals surface area (Å²) in [5.74, 6) is -3.31. The number of Topliss-reactive ketones (excluding diaryl/α,β-unsaturated/α-hetero) is 1. The molecular weight excluding hydrogens is 228 g/mol. The van der Waals surface area contributed by atoms with Gasteiger partial charge in [-0.2, -0.15) is 13.2 Å². The first-order valence-electron chi connectivity index (χ1n) is 4.40. The van der Waals surface area contributed by atoms with Gasteiger partial charge in [-0.05, 0) is 25.1 Å². The SMILES string of the molecule is CCOc1ccc(F)cc1C(=O)C(F)(F)F. The van der Waals surface area contributed by atoms with Gasteiger partial charge in [-0.25, -0.2) is 4.39 Å². The minimum absolute atomic E-state index is 0.0871. The highest BCUT2D eigenvalue weighted by Gasteiger charge is 2.41. The predicted molar refractivity (Wildman–Crippen MR) is 48.0 cm³/mol. The van der Waals surface area contributed by atoms with Crippen molar-refractivity contribution in [1.29, 1.82) is 0 Å². The van der Waals surface area contributed by atoms with E-state index in [9.17, 15) is 22.4 Å². The fourth-order valence-electron chi connectivity index (χ4n) is 1.11. The maximum Gasteiger partial charge on any atom is 0.455 e. The van der Waals surface area contributed by atoms with Crippen LogP contribution in [0.5, 0.6) is 5.75 Å². The number of halogens is 4. The summed E-state index contributed by atoms with van der Waals surface area (Å²) in [6, 6.07) is 2.44. The molecule has 0 atom stereocenters. The first kappa shape index (κ1) is 12.5. The molecular formula is C10H8F4O2. The second kappa shape index (κ2) is 4.51. The molecule has 0 fully saturated rings. The Morgan fingerprint density at radius 1 is 1.38 bits per heavy atom. The summed E-state index contributed by atoms with van der Waals surface area (Å²) in [5, 5.41) is 0. The molecule has 0 unspecified atom stereocenters. The third-order valence-electron chi connectivity index (χ3n) is 1.74. The lowest BCUT2D eigenvalue weighted by atomic mass is 10.1. The summed E-state index contributed by atoms with van der Waals surface area (Å²) >= 11 is 0. The summed E-state index contributed by atoms with van der Waals surface area (Å²) in [7, 11) is 0. The van der Waals surface area contributed by atoms with Gasteiger partial charge >= 0.3 is 6.18 Å². The molecule has 1 aromatic carbocycles. The van der Waals surface area contributed by atoms with E-state index < -0.39 is 23.3 Å². The molecule has 0 heterocycles. The molecule has 88 valence electrons. The first-order chi connectivity index (χ1) is 7.36. The minimum atomic E-state index is -5.04. The van der Waals surface area contributed by atoms with E-state index in [-0.39, 0.29) is 12.4 Å². The van der Waals surface area contributed by atoms with Gasteiger partial charge in [-0.3, -0.25) is 4.79 Å². The zero-order valence-corrected chi connectivity index (χ0v) is 8.27. The first-order valence-corrected chi connectivity index (χ1v) is 4.40. The lowest BCUT2D eigenvalue weighted by Crippen LogP contribution is -2.23. The molecule has 6 heteroatoms. The van der Waals surface area contributed by atoms with Crippen LogP contribution in [0.1, 0.15) is 17.3 Å². The lowest BCUT2D eigenvalue weighted by Gasteiger charge is -2.10. The number of carbonyl (C=O) groups excluding carboxylic acids is 1. The van der Waals surface area contributed by atoms with E-state index in [1.165, 1.54) is 0 Å². The van der Waals surface area contributed by atoms with Crippen LogP contribution in [0.15, 0.2) is 18.2 Å². The Balaban J connectivity index is 3.19. The van der Waals surface area contributed by atoms with Crippen molar-refractivity contribution in [1.82, 2.24) is 0 Å². The maximum absolute atomic E-state index is 12.8. The fourth-order valence-corrected chi connectivity index (χ4v) is 1.11. The highest BCUT2D eigenvalue weighted by atomic mass is 19.4. The van der Waals surface area contributed by atoms with Crippen molar-refractivity contribution in [2.45, 2.75) is 13.1 Å². The van der Waals surface area contributed by atoms with Crippen LogP contribution in [0.4, 0.5) is 17.6 Å². The van der Waals surface area contributed by atoms with E-state index in [0.29, 0.717) is 6.07 Å². The molecule has 0 spiro atoms. The van der Waals surface area contributed by atoms with E-state index >= 15 is 0 Å². The molecule has 0 N–H and O–H groups in total. The van der Waals surface area contributed by atoms with Gasteiger partial charge < -0.3 is 4.74 Å². The van der Waals surface area contributed by atoms with Crippen LogP contribution in [-0.4, -0.2) is 18.6 Å². The van der Waals surface area contributed by atoms with E-state index in [2.05, 4.69) is 0 Å². The van der Waals surface area contributed by atoms with Gasteiger partial charge in [0.2, 0.25) is 0 Å². The average molecular weight is 236 g/mol. The van der Waals surface area contributed by atoms with Crippen molar-refractivity contribution in [3.05, 3.63) is 29.6 Å². The molecule has 2 nitrogen and oxygen atoms in total. The third kappa shape index (κ3) is 2.71. The van der Waals surface area contributed by atoms with Crippen molar-refractivity contribution in [3.8, 4) is 5.75 Å². The largest absolute Gasteiger partial charge is 0.493 e. The Bertz CT molecular complexity index is 398. The van der Waals surface area contributed by atoms with Gasteiger partial charge in [0.25, 0.3) is 5.78 Å². The Hall–Kier alpha value is -1.59. The molecule has 0 saturated heterocycles. The lowest BCUT2D eigenvalue weighted by molar-refractivity contribution is -0.0886. The van der Waals surface area contributed by atoms with Crippen molar-refractivity contribution in [2.75, 3.05) is 6.61 Å². The van der Waals surface area contributed by atoms with Crippen LogP contribution >= 0.6 is 0 Å². The van der Waals surface area contributed by atoms with E-state index in [4.69, 9.17) is 4.74 Å². The fraction of sp³-hybridized carbons (Fsp3) is 0.300. The number of benzene rings is 1. The zero-order valence-electron chi connectivity index (χ0n) is 8.27. The summed E-state index contributed by atoms with van der Waals surface area (Å²) in [6.07, 6.45) is -5.04. The Kier molecular flexibility index (Phi) is 3.51. The van der Waals surface area contributed by atoms with Gasteiger partial charge in [0.1, 0.15) is 11.6 Å². The van der Waals surface area contributed by atoms with Gasteiger partial charge in [0.05, 0.1) is 12.2 Å². The van der Waals surface area contributed by atoms with E-state index in [1.54, 1.807) is 6.92 Å². The van der Waals surface area contributed by atoms with Crippen LogP contribution in [0.3, 0.4) is 0 Å². The van der Waals surface area contributed by atoms with Gasteiger partial charge in [-0.15, -0.1) is 0 Å². The monoisotopic (exact) mass is 236 g/mol. The quantitative estimate of drug-likeness (QED) is 0.595. The molecule has 0 aliphatic carbocycles. The highest BCUT2D eigenvalue weighted by Crippen LogP contribution is 2.28. The highest BCUT2D eigenvalue weighted by molar-refractivity contribution is 6.02. The molecule has 0 bridgehead atoms. The molecule has 0 aliphatic rings. The van der Waals surface area contributed by atoms with Crippen LogP contribution in [0.2, 0.25) is 0 Å². The van der Waals surface area contributed by atoms with Gasteiger partial charge in [0.15, 0.2) is 0 Å². The molecule has 0 radical (unpaired) electrons. The molecule has 1 rings (SSSR count). The maximum atomic E-state index is 12.8. The van der Waals surface area contributed by atoms with E-state index in [0.717, 1.165) is 12.1 Å². The molecule has 1 aromatic rings. The Morgan fingerprint density at radius 2 is 2.00 bits per heavy atom. The predicted octanol–water partition coefficient (Wildman–Crippen LogP) is 2.97. The Morgan fingerprint density at radius 3 is 2.50 bits per heavy atom. The number of carbonyl (C=O) groups is 1. The van der Waals surface area contributed by atoms with Crippen LogP contribution < -0.4 is 4.74 Å². The minimum Gasteiger partial charge on any atom is -0.493 e. The van der Waals surface area contributed by atoms with Crippen molar-refractivity contribution >= 4 is 5.78 Å². The standard InChI is InChI=1S/C10H8F4O2/c1-2-16-8-4-3-6(11)5-7(8)9(15)10(12,13)14/h3-5H,2H2,1H3. The number of rotatable bonds is 3. The molecule has 0 saturated carbocycles. The second-order valence-corrected chi connectivity index (χ2v) is 2.90. The molecule has 16 heavy (non-hydrogen) atoms. The number of hydrogen-bond donors (Lipinski definition) is 0. The second-order valence-electron chi connectivity index (χ2n) is 2.90. The third-order valence-corrected chi connectivity index (χ3v) is 1.74. The molecule has 0 aromatic heterocycles. The summed E-state index contributed by atoms with van der Waals surface area (Å²) in [5.41, 5.74) is -0.811. The van der Waals surface area contributed by atoms with Gasteiger partial charge in [-0.1, -0.05) is 0 Å². The van der Waals surface area contributed by atoms with Crippen molar-refractivity contribution in [3.63, 3.8) is 0 Å². The van der Waals surface area contributed by atoms with Crippen molar-refractivity contribution < 1.29 is 27.1 Å². The zero-order chi connectivity index (χ0) is 12.3. The summed E-state index contributed by atoms with van der Waals surface area (Å²) < 4.78 is 54.1. The van der Waals surface area contributed by atoms with Crippen LogP contribution in [0, 0.1) is 5.82 Å². The molecule has 0 aliphatic heterocycles. The van der Waals surface area contributed by atoms with Crippen molar-refractivity contribution in [2.24, 2.45) is 0 Å². The number of ether oxygens (including phenoxy) is 1.